The van der Waals surface area contributed by atoms with Crippen LogP contribution in [-0.4, -0.2) is 27.4 Å². The zero-order valence-electron chi connectivity index (χ0n) is 15.2. The van der Waals surface area contributed by atoms with Crippen LogP contribution in [0.2, 0.25) is 0 Å². The Hall–Kier alpha value is -0.870. The predicted molar refractivity (Wildman–Crippen MR) is 96.6 cm³/mol. The zero-order valence-corrected chi connectivity index (χ0v) is 16.3. The van der Waals surface area contributed by atoms with Crippen molar-refractivity contribution in [3.8, 4) is 0 Å². The maximum atomic E-state index is 11.6. The molecule has 0 saturated heterocycles. The lowest BCUT2D eigenvalue weighted by Gasteiger charge is -2.30. The van der Waals surface area contributed by atoms with Crippen molar-refractivity contribution in [1.82, 2.24) is 0 Å². The molecule has 0 aliphatic heterocycles. The Kier molecular flexibility index (Phi) is 11.2. The molecule has 0 aromatic heterocycles. The fourth-order valence-electron chi connectivity index (χ4n) is 3.03. The Morgan fingerprint density at radius 3 is 2.12 bits per heavy atom. The van der Waals surface area contributed by atoms with Gasteiger partial charge in [-0.25, -0.2) is 0 Å². The Balaban J connectivity index is 4.69. The molecule has 142 valence electrons. The highest BCUT2D eigenvalue weighted by molar-refractivity contribution is 7.25. The van der Waals surface area contributed by atoms with Gasteiger partial charge in [-0.3, -0.25) is 9.59 Å². The van der Waals surface area contributed by atoms with Gasteiger partial charge in [0, 0.05) is 6.42 Å². The smallest absolute Gasteiger partial charge is 0.309 e. The highest BCUT2D eigenvalue weighted by atomic mass is 31.1. The lowest BCUT2D eigenvalue weighted by molar-refractivity contribution is -0.148. The van der Waals surface area contributed by atoms with Crippen LogP contribution in [0.25, 0.3) is 0 Å². The monoisotopic (exact) mass is 363 g/mol. The molecule has 7 heteroatoms. The van der Waals surface area contributed by atoms with E-state index in [9.17, 15) is 24.4 Å². The van der Waals surface area contributed by atoms with Gasteiger partial charge in [-0.05, 0) is 31.1 Å². The standard InChI is InChI=1S/C17H34NO5P/c1-4-13(5-2)7-6-12(3)10-11-17(22,24-23)14(16(20)21)8-9-15(18)19/h12-14,22H,4-11,24H2,1-3H3,(H2,18,19)(H,20,21). The number of carbonyl (C=O) groups is 2. The van der Waals surface area contributed by atoms with E-state index in [1.807, 2.05) is 0 Å². The summed E-state index contributed by atoms with van der Waals surface area (Å²) in [5, 5.41) is 18.1. The predicted octanol–water partition coefficient (Wildman–Crippen LogP) is 3.03. The van der Waals surface area contributed by atoms with Crippen molar-refractivity contribution < 1.29 is 24.4 Å². The molecule has 0 aromatic carbocycles. The molecule has 0 saturated carbocycles. The molecule has 4 atom stereocenters. The maximum absolute atomic E-state index is 11.6. The quantitative estimate of drug-likeness (QED) is 0.410. The number of hydrogen-bond acceptors (Lipinski definition) is 4. The van der Waals surface area contributed by atoms with Crippen LogP contribution in [0, 0.1) is 17.8 Å². The summed E-state index contributed by atoms with van der Waals surface area (Å²) in [5.74, 6) is -2.05. The Bertz CT molecular complexity index is 414. The van der Waals surface area contributed by atoms with Gasteiger partial charge in [-0.1, -0.05) is 46.5 Å². The second-order valence-electron chi connectivity index (χ2n) is 6.91. The molecule has 24 heavy (non-hydrogen) atoms. The first-order valence-corrected chi connectivity index (χ1v) is 9.94. The van der Waals surface area contributed by atoms with Crippen molar-refractivity contribution >= 4 is 20.3 Å². The fourth-order valence-corrected chi connectivity index (χ4v) is 3.79. The summed E-state index contributed by atoms with van der Waals surface area (Å²) >= 11 is 0. The Morgan fingerprint density at radius 1 is 1.12 bits per heavy atom. The van der Waals surface area contributed by atoms with Crippen LogP contribution < -0.4 is 5.73 Å². The molecule has 0 radical (unpaired) electrons. The molecule has 0 rings (SSSR count). The molecule has 0 aliphatic carbocycles. The van der Waals surface area contributed by atoms with E-state index < -0.39 is 31.6 Å². The molecular formula is C17H34NO5P. The van der Waals surface area contributed by atoms with E-state index >= 15 is 0 Å². The topological polar surface area (TPSA) is 118 Å². The van der Waals surface area contributed by atoms with Gasteiger partial charge in [0.1, 0.15) is 5.34 Å². The maximum Gasteiger partial charge on any atom is 0.309 e. The second-order valence-corrected chi connectivity index (χ2v) is 8.14. The minimum absolute atomic E-state index is 0.0848. The summed E-state index contributed by atoms with van der Waals surface area (Å²) in [6, 6.07) is 0. The van der Waals surface area contributed by atoms with E-state index in [0.29, 0.717) is 18.3 Å². The van der Waals surface area contributed by atoms with Crippen molar-refractivity contribution in [2.24, 2.45) is 23.5 Å². The third kappa shape index (κ3) is 8.29. The summed E-state index contributed by atoms with van der Waals surface area (Å²) in [6.45, 7) is 6.42. The van der Waals surface area contributed by atoms with Gasteiger partial charge in [0.15, 0.2) is 0 Å². The molecule has 0 aromatic rings. The van der Waals surface area contributed by atoms with Crippen LogP contribution in [0.5, 0.6) is 0 Å². The van der Waals surface area contributed by atoms with Gasteiger partial charge >= 0.3 is 5.97 Å². The second kappa shape index (κ2) is 11.6. The summed E-state index contributed by atoms with van der Waals surface area (Å²) < 4.78 is 11.6. The van der Waals surface area contributed by atoms with Gasteiger partial charge in [0.2, 0.25) is 5.91 Å². The number of nitrogens with two attached hydrogens (primary N) is 1. The first kappa shape index (κ1) is 23.1. The van der Waals surface area contributed by atoms with Gasteiger partial charge in [0.25, 0.3) is 0 Å². The van der Waals surface area contributed by atoms with Gasteiger partial charge in [-0.2, -0.15) is 0 Å². The number of carboxylic acid groups (broad SMARTS) is 1. The third-order valence-corrected chi connectivity index (χ3v) is 6.14. The van der Waals surface area contributed by atoms with Crippen molar-refractivity contribution in [3.63, 3.8) is 0 Å². The molecule has 4 N–H and O–H groups in total. The molecule has 6 nitrogen and oxygen atoms in total. The summed E-state index contributed by atoms with van der Waals surface area (Å²) in [4.78, 5) is 22.3. The van der Waals surface area contributed by atoms with Crippen molar-refractivity contribution in [2.45, 2.75) is 77.5 Å². The Labute approximate surface area is 146 Å². The summed E-state index contributed by atoms with van der Waals surface area (Å²) in [7, 11) is -1.68. The average Bonchev–Trinajstić information content (AvgIpc) is 2.53. The minimum Gasteiger partial charge on any atom is -0.481 e. The van der Waals surface area contributed by atoms with Crippen LogP contribution in [0.3, 0.4) is 0 Å². The number of carboxylic acids is 1. The molecule has 0 bridgehead atoms. The Morgan fingerprint density at radius 2 is 1.71 bits per heavy atom. The first-order valence-electron chi connectivity index (χ1n) is 8.89. The molecular weight excluding hydrogens is 329 g/mol. The zero-order chi connectivity index (χ0) is 18.8. The van der Waals surface area contributed by atoms with E-state index in [-0.39, 0.29) is 19.3 Å². The molecule has 0 heterocycles. The SMILES string of the molecule is CCC(CC)CCC(C)CCC(O)([PH2]=O)C(CCC(N)=O)C(=O)O. The van der Waals surface area contributed by atoms with Gasteiger partial charge in [0.05, 0.1) is 14.4 Å². The van der Waals surface area contributed by atoms with E-state index in [4.69, 9.17) is 5.73 Å². The van der Waals surface area contributed by atoms with E-state index in [2.05, 4.69) is 20.8 Å². The average molecular weight is 363 g/mol. The van der Waals surface area contributed by atoms with Gasteiger partial charge in [-0.15, -0.1) is 0 Å². The molecule has 0 fully saturated rings. The largest absolute Gasteiger partial charge is 0.481 e. The van der Waals surface area contributed by atoms with Crippen molar-refractivity contribution in [2.75, 3.05) is 0 Å². The van der Waals surface area contributed by atoms with Crippen LogP contribution in [0.15, 0.2) is 0 Å². The lowest BCUT2D eigenvalue weighted by Crippen LogP contribution is -2.38. The summed E-state index contributed by atoms with van der Waals surface area (Å²) in [6.07, 6.45) is 4.98. The lowest BCUT2D eigenvalue weighted by atomic mass is 9.87. The van der Waals surface area contributed by atoms with Crippen molar-refractivity contribution in [1.29, 1.82) is 0 Å². The number of aliphatic hydroxyl groups is 1. The van der Waals surface area contributed by atoms with Crippen LogP contribution in [0.1, 0.15) is 72.1 Å². The van der Waals surface area contributed by atoms with E-state index in [1.54, 1.807) is 0 Å². The summed E-state index contributed by atoms with van der Waals surface area (Å²) in [5.41, 5.74) is 5.06. The number of carbonyl (C=O) groups excluding carboxylic acids is 1. The number of primary amides is 1. The number of aliphatic carboxylic acids is 1. The number of rotatable bonds is 14. The highest BCUT2D eigenvalue weighted by Crippen LogP contribution is 2.38. The number of hydrogen-bond donors (Lipinski definition) is 3. The number of amides is 1. The van der Waals surface area contributed by atoms with E-state index in [1.165, 1.54) is 0 Å². The van der Waals surface area contributed by atoms with Crippen LogP contribution in [0.4, 0.5) is 0 Å². The van der Waals surface area contributed by atoms with Gasteiger partial charge < -0.3 is 20.5 Å². The minimum atomic E-state index is -1.75. The van der Waals surface area contributed by atoms with Crippen LogP contribution in [-0.2, 0) is 14.2 Å². The first-order chi connectivity index (χ1) is 11.2. The molecule has 4 unspecified atom stereocenters. The third-order valence-electron chi connectivity index (χ3n) is 5.05. The normalized spacial score (nSPS) is 17.0. The molecule has 0 aliphatic rings. The molecule has 0 spiro atoms. The van der Waals surface area contributed by atoms with E-state index in [0.717, 1.165) is 25.7 Å². The van der Waals surface area contributed by atoms with Crippen molar-refractivity contribution in [3.05, 3.63) is 0 Å². The molecule has 1 amide bonds. The fraction of sp³-hybridized carbons (Fsp3) is 0.882. The highest BCUT2D eigenvalue weighted by Gasteiger charge is 2.40. The van der Waals surface area contributed by atoms with Crippen LogP contribution >= 0.6 is 8.46 Å².